The third-order valence-corrected chi connectivity index (χ3v) is 4.27. The standard InChI is InChI=1S/C23H20N4O/c24-22(25)17-9-5-15(6-10-17)13-19-3-1-2-4-20(21(19)28)14-16-7-11-18(12-8-16)23(26)27/h1-14H,(H3,24,25)(H3,26,27)/b19-13+,20-14+. The summed E-state index contributed by atoms with van der Waals surface area (Å²) >= 11 is 0. The van der Waals surface area contributed by atoms with E-state index in [1.807, 2.05) is 48.6 Å². The number of nitrogens with one attached hydrogen (secondary N) is 2. The normalized spacial score (nSPS) is 12.0. The Hall–Kier alpha value is -3.99. The van der Waals surface area contributed by atoms with Gasteiger partial charge in [0.25, 0.3) is 0 Å². The molecule has 5 nitrogen and oxygen atoms in total. The van der Waals surface area contributed by atoms with E-state index in [0.717, 1.165) is 11.1 Å². The minimum atomic E-state index is -0.0868. The molecule has 0 amide bonds. The second-order valence-corrected chi connectivity index (χ2v) is 6.32. The van der Waals surface area contributed by atoms with Crippen LogP contribution in [-0.2, 0) is 0 Å². The van der Waals surface area contributed by atoms with E-state index in [1.54, 1.807) is 36.4 Å². The summed E-state index contributed by atoms with van der Waals surface area (Å²) in [6.07, 6.45) is 3.62. The predicted molar refractivity (Wildman–Crippen MR) is 114 cm³/mol. The van der Waals surface area contributed by atoms with Gasteiger partial charge in [0.2, 0.25) is 0 Å². The van der Waals surface area contributed by atoms with Crippen LogP contribution in [0.25, 0.3) is 12.2 Å². The Morgan fingerprint density at radius 1 is 0.643 bits per heavy atom. The molecule has 0 atom stereocenters. The summed E-state index contributed by atoms with van der Waals surface area (Å²) in [6.45, 7) is 0. The van der Waals surface area contributed by atoms with E-state index in [0.29, 0.717) is 21.6 Å². The van der Waals surface area contributed by atoms with Crippen LogP contribution in [0.1, 0.15) is 22.3 Å². The Labute approximate surface area is 162 Å². The van der Waals surface area contributed by atoms with Crippen molar-refractivity contribution in [2.45, 2.75) is 0 Å². The SMILES string of the molecule is N=C(N)c1ccc(/C=c2\cccc/c(=C\c3ccc(C(=N)N)cc3)c2=O)cc1. The predicted octanol–water partition coefficient (Wildman–Crippen LogP) is 1.27. The molecule has 138 valence electrons. The van der Waals surface area contributed by atoms with Gasteiger partial charge in [0, 0.05) is 21.6 Å². The fraction of sp³-hybridized carbons (Fsp3) is 0. The highest BCUT2D eigenvalue weighted by Crippen LogP contribution is 2.05. The third kappa shape index (κ3) is 4.40. The molecule has 0 bridgehead atoms. The van der Waals surface area contributed by atoms with Crippen LogP contribution >= 0.6 is 0 Å². The van der Waals surface area contributed by atoms with E-state index >= 15 is 0 Å². The number of amidine groups is 2. The van der Waals surface area contributed by atoms with E-state index in [1.165, 1.54) is 0 Å². The first-order valence-corrected chi connectivity index (χ1v) is 8.66. The fourth-order valence-electron chi connectivity index (χ4n) is 2.74. The Morgan fingerprint density at radius 3 is 1.32 bits per heavy atom. The number of benzene rings is 2. The number of rotatable bonds is 4. The monoisotopic (exact) mass is 368 g/mol. The lowest BCUT2D eigenvalue weighted by atomic mass is 10.1. The molecule has 0 aliphatic rings. The molecule has 0 saturated heterocycles. The lowest BCUT2D eigenvalue weighted by Crippen LogP contribution is -2.35. The molecule has 0 saturated carbocycles. The van der Waals surface area contributed by atoms with Crippen LogP contribution in [0.3, 0.4) is 0 Å². The Balaban J connectivity index is 2.08. The second kappa shape index (κ2) is 8.14. The number of nitrogens with two attached hydrogens (primary N) is 2. The van der Waals surface area contributed by atoms with Gasteiger partial charge in [-0.25, -0.2) is 0 Å². The van der Waals surface area contributed by atoms with Gasteiger partial charge in [0.1, 0.15) is 11.7 Å². The van der Waals surface area contributed by atoms with Gasteiger partial charge in [-0.1, -0.05) is 72.8 Å². The lowest BCUT2D eigenvalue weighted by molar-refractivity contribution is 1.42. The molecule has 3 rings (SSSR count). The number of nitrogen functional groups attached to an aromatic ring is 2. The Morgan fingerprint density at radius 2 is 1.00 bits per heavy atom. The molecule has 3 aromatic carbocycles. The Bertz CT molecular complexity index is 1120. The van der Waals surface area contributed by atoms with E-state index < -0.39 is 0 Å². The highest BCUT2D eigenvalue weighted by atomic mass is 16.1. The Kier molecular flexibility index (Phi) is 5.46. The zero-order valence-electron chi connectivity index (χ0n) is 15.1. The maximum absolute atomic E-state index is 13.0. The van der Waals surface area contributed by atoms with Gasteiger partial charge in [-0.3, -0.25) is 15.6 Å². The zero-order valence-corrected chi connectivity index (χ0v) is 15.1. The van der Waals surface area contributed by atoms with Gasteiger partial charge in [0.15, 0.2) is 5.43 Å². The molecule has 3 aromatic rings. The first-order chi connectivity index (χ1) is 13.4. The van der Waals surface area contributed by atoms with Gasteiger partial charge in [0.05, 0.1) is 0 Å². The second-order valence-electron chi connectivity index (χ2n) is 6.32. The van der Waals surface area contributed by atoms with Crippen molar-refractivity contribution in [3.8, 4) is 0 Å². The molecule has 0 aliphatic carbocycles. The molecular formula is C23H20N4O. The average Bonchev–Trinajstić information content (AvgIpc) is 2.85. The maximum Gasteiger partial charge on any atom is 0.193 e. The molecule has 5 heteroatoms. The first-order valence-electron chi connectivity index (χ1n) is 8.66. The van der Waals surface area contributed by atoms with Crippen molar-refractivity contribution < 1.29 is 0 Å². The first kappa shape index (κ1) is 18.8. The van der Waals surface area contributed by atoms with Crippen molar-refractivity contribution in [1.29, 1.82) is 10.8 Å². The molecule has 0 aliphatic heterocycles. The van der Waals surface area contributed by atoms with E-state index in [-0.39, 0.29) is 17.1 Å². The van der Waals surface area contributed by atoms with Gasteiger partial charge in [-0.15, -0.1) is 0 Å². The highest BCUT2D eigenvalue weighted by molar-refractivity contribution is 5.95. The minimum Gasteiger partial charge on any atom is -0.384 e. The van der Waals surface area contributed by atoms with Gasteiger partial charge >= 0.3 is 0 Å². The molecule has 0 unspecified atom stereocenters. The molecule has 0 spiro atoms. The molecule has 0 aromatic heterocycles. The van der Waals surface area contributed by atoms with Crippen molar-refractivity contribution >= 4 is 23.8 Å². The van der Waals surface area contributed by atoms with Crippen molar-refractivity contribution in [2.24, 2.45) is 11.5 Å². The molecule has 0 fully saturated rings. The van der Waals surface area contributed by atoms with E-state index in [2.05, 4.69) is 0 Å². The molecule has 0 heterocycles. The summed E-state index contributed by atoms with van der Waals surface area (Å²) in [5.41, 5.74) is 13.8. The van der Waals surface area contributed by atoms with Gasteiger partial charge in [-0.2, -0.15) is 0 Å². The van der Waals surface area contributed by atoms with Gasteiger partial charge in [-0.05, 0) is 23.3 Å². The van der Waals surface area contributed by atoms with Crippen LogP contribution in [0.15, 0.2) is 77.6 Å². The smallest absolute Gasteiger partial charge is 0.193 e. The summed E-state index contributed by atoms with van der Waals surface area (Å²) < 4.78 is 0. The van der Waals surface area contributed by atoms with Crippen LogP contribution < -0.4 is 27.3 Å². The van der Waals surface area contributed by atoms with Crippen LogP contribution in [0, 0.1) is 10.8 Å². The van der Waals surface area contributed by atoms with Crippen LogP contribution in [0.5, 0.6) is 0 Å². The molecule has 0 radical (unpaired) electrons. The van der Waals surface area contributed by atoms with Crippen molar-refractivity contribution in [3.63, 3.8) is 0 Å². The summed E-state index contributed by atoms with van der Waals surface area (Å²) in [7, 11) is 0. The van der Waals surface area contributed by atoms with Gasteiger partial charge < -0.3 is 11.5 Å². The van der Waals surface area contributed by atoms with Crippen LogP contribution in [0.4, 0.5) is 0 Å². The quantitative estimate of drug-likeness (QED) is 0.410. The van der Waals surface area contributed by atoms with Crippen LogP contribution in [0.2, 0.25) is 0 Å². The minimum absolute atomic E-state index is 0.00912. The topological polar surface area (TPSA) is 117 Å². The lowest BCUT2D eigenvalue weighted by Gasteiger charge is -1.98. The highest BCUT2D eigenvalue weighted by Gasteiger charge is 1.98. The molecule has 6 N–H and O–H groups in total. The number of hydrogen-bond donors (Lipinski definition) is 4. The summed E-state index contributed by atoms with van der Waals surface area (Å²) in [6, 6.07) is 21.5. The van der Waals surface area contributed by atoms with Crippen LogP contribution in [-0.4, -0.2) is 11.7 Å². The molecule has 28 heavy (non-hydrogen) atoms. The zero-order chi connectivity index (χ0) is 20.1. The van der Waals surface area contributed by atoms with E-state index in [4.69, 9.17) is 22.3 Å². The number of hydrogen-bond acceptors (Lipinski definition) is 3. The molecular weight excluding hydrogens is 348 g/mol. The van der Waals surface area contributed by atoms with E-state index in [9.17, 15) is 4.79 Å². The van der Waals surface area contributed by atoms with Crippen molar-refractivity contribution in [2.75, 3.05) is 0 Å². The summed E-state index contributed by atoms with van der Waals surface area (Å²) in [5.74, 6) is 0.0182. The maximum atomic E-state index is 13.0. The van der Waals surface area contributed by atoms with Crippen molar-refractivity contribution in [1.82, 2.24) is 0 Å². The fourth-order valence-corrected chi connectivity index (χ4v) is 2.74. The van der Waals surface area contributed by atoms with Crippen molar-refractivity contribution in [3.05, 3.63) is 116 Å². The average molecular weight is 368 g/mol. The largest absolute Gasteiger partial charge is 0.384 e. The summed E-state index contributed by atoms with van der Waals surface area (Å²) in [5, 5.41) is 16.0. The summed E-state index contributed by atoms with van der Waals surface area (Å²) in [4.78, 5) is 13.0. The third-order valence-electron chi connectivity index (χ3n) is 4.27.